The fourth-order valence-corrected chi connectivity index (χ4v) is 2.30. The van der Waals surface area contributed by atoms with Gasteiger partial charge in [-0.3, -0.25) is 4.79 Å². The minimum absolute atomic E-state index is 0.0754. The molecular weight excluding hydrogens is 361 g/mol. The third kappa shape index (κ3) is 4.79. The minimum Gasteiger partial charge on any atom is -0.493 e. The maximum absolute atomic E-state index is 12.8. The fourth-order valence-electron chi connectivity index (χ4n) is 2.30. The van der Waals surface area contributed by atoms with Crippen LogP contribution in [0, 0.1) is 11.3 Å². The number of hydrogen-bond acceptors (Lipinski definition) is 4. The number of anilines is 1. The van der Waals surface area contributed by atoms with Gasteiger partial charge in [-0.15, -0.1) is 0 Å². The highest BCUT2D eigenvalue weighted by atomic mass is 19.4. The van der Waals surface area contributed by atoms with Crippen molar-refractivity contribution in [1.29, 1.82) is 5.26 Å². The van der Waals surface area contributed by atoms with E-state index in [-0.39, 0.29) is 11.3 Å². The smallest absolute Gasteiger partial charge is 0.416 e. The molecule has 8 heteroatoms. The predicted octanol–water partition coefficient (Wildman–Crippen LogP) is 4.27. The highest BCUT2D eigenvalue weighted by Gasteiger charge is 2.30. The zero-order chi connectivity index (χ0) is 20.0. The maximum atomic E-state index is 12.8. The van der Waals surface area contributed by atoms with Crippen molar-refractivity contribution in [2.75, 3.05) is 19.5 Å². The van der Waals surface area contributed by atoms with Gasteiger partial charge in [-0.25, -0.2) is 0 Å². The second kappa shape index (κ2) is 8.27. The standard InChI is InChI=1S/C19H15F3N2O3/c1-26-16-8-3-5-12(17(16)27-2)9-13(11-23)18(25)24-15-7-4-6-14(10-15)19(20,21)22/h3-10H,1-2H3,(H,24,25)/b13-9+. The van der Waals surface area contributed by atoms with Crippen LogP contribution in [0.25, 0.3) is 6.08 Å². The van der Waals surface area contributed by atoms with E-state index in [4.69, 9.17) is 9.47 Å². The Hall–Kier alpha value is -3.47. The third-order valence-electron chi connectivity index (χ3n) is 3.55. The monoisotopic (exact) mass is 376 g/mol. The molecule has 0 saturated heterocycles. The van der Waals surface area contributed by atoms with Gasteiger partial charge in [-0.05, 0) is 30.3 Å². The lowest BCUT2D eigenvalue weighted by atomic mass is 10.1. The van der Waals surface area contributed by atoms with Crippen LogP contribution in [0.5, 0.6) is 11.5 Å². The second-order valence-electron chi connectivity index (χ2n) is 5.29. The summed E-state index contributed by atoms with van der Waals surface area (Å²) in [5.41, 5.74) is -0.877. The molecular formula is C19H15F3N2O3. The molecule has 0 unspecified atom stereocenters. The highest BCUT2D eigenvalue weighted by molar-refractivity contribution is 6.09. The number of alkyl halides is 3. The Balaban J connectivity index is 2.33. The summed E-state index contributed by atoms with van der Waals surface area (Å²) < 4.78 is 48.7. The zero-order valence-corrected chi connectivity index (χ0v) is 14.4. The molecule has 1 N–H and O–H groups in total. The number of carbonyl (C=O) groups is 1. The van der Waals surface area contributed by atoms with Gasteiger partial charge in [0, 0.05) is 11.3 Å². The quantitative estimate of drug-likeness (QED) is 0.625. The van der Waals surface area contributed by atoms with Crippen LogP contribution in [-0.2, 0) is 11.0 Å². The Morgan fingerprint density at radius 3 is 2.44 bits per heavy atom. The molecule has 0 heterocycles. The van der Waals surface area contributed by atoms with Crippen molar-refractivity contribution >= 4 is 17.7 Å². The average Bonchev–Trinajstić information content (AvgIpc) is 2.65. The number of rotatable bonds is 5. The molecule has 0 spiro atoms. The van der Waals surface area contributed by atoms with Crippen LogP contribution in [0.1, 0.15) is 11.1 Å². The van der Waals surface area contributed by atoms with Crippen LogP contribution >= 0.6 is 0 Å². The summed E-state index contributed by atoms with van der Waals surface area (Å²) in [4.78, 5) is 12.3. The largest absolute Gasteiger partial charge is 0.493 e. The summed E-state index contributed by atoms with van der Waals surface area (Å²) in [6.07, 6.45) is -3.27. The van der Waals surface area contributed by atoms with Gasteiger partial charge < -0.3 is 14.8 Å². The SMILES string of the molecule is COc1cccc(/C=C(\C#N)C(=O)Nc2cccc(C(F)(F)F)c2)c1OC. The normalized spacial score (nSPS) is 11.5. The lowest BCUT2D eigenvalue weighted by Gasteiger charge is -2.11. The number of methoxy groups -OCH3 is 2. The van der Waals surface area contributed by atoms with Gasteiger partial charge in [0.1, 0.15) is 11.6 Å². The molecule has 5 nitrogen and oxygen atoms in total. The molecule has 0 radical (unpaired) electrons. The second-order valence-corrected chi connectivity index (χ2v) is 5.29. The van der Waals surface area contributed by atoms with E-state index in [0.29, 0.717) is 17.1 Å². The summed E-state index contributed by atoms with van der Waals surface area (Å²) in [5, 5.41) is 11.6. The van der Waals surface area contributed by atoms with Gasteiger partial charge in [0.05, 0.1) is 19.8 Å². The van der Waals surface area contributed by atoms with Crippen LogP contribution in [0.2, 0.25) is 0 Å². The van der Waals surface area contributed by atoms with Crippen LogP contribution in [0.15, 0.2) is 48.0 Å². The van der Waals surface area contributed by atoms with Gasteiger partial charge in [0.15, 0.2) is 11.5 Å². The first-order valence-electron chi connectivity index (χ1n) is 7.61. The molecule has 0 fully saturated rings. The van der Waals surface area contributed by atoms with Crippen molar-refractivity contribution in [1.82, 2.24) is 0 Å². The molecule has 140 valence electrons. The molecule has 27 heavy (non-hydrogen) atoms. The number of ether oxygens (including phenoxy) is 2. The first-order chi connectivity index (χ1) is 12.8. The van der Waals surface area contributed by atoms with E-state index in [0.717, 1.165) is 12.1 Å². The van der Waals surface area contributed by atoms with E-state index in [1.807, 2.05) is 0 Å². The summed E-state index contributed by atoms with van der Waals surface area (Å²) >= 11 is 0. The number of nitrogens with one attached hydrogen (secondary N) is 1. The lowest BCUT2D eigenvalue weighted by Crippen LogP contribution is -2.14. The molecule has 0 aliphatic carbocycles. The summed E-state index contributed by atoms with van der Waals surface area (Å²) in [6.45, 7) is 0. The predicted molar refractivity (Wildman–Crippen MR) is 93.2 cm³/mol. The molecule has 0 aliphatic rings. The van der Waals surface area contributed by atoms with E-state index < -0.39 is 17.6 Å². The van der Waals surface area contributed by atoms with E-state index >= 15 is 0 Å². The number of carbonyl (C=O) groups excluding carboxylic acids is 1. The van der Waals surface area contributed by atoms with Crippen molar-refractivity contribution in [2.45, 2.75) is 6.18 Å². The Morgan fingerprint density at radius 2 is 1.85 bits per heavy atom. The first kappa shape index (κ1) is 19.8. The molecule has 2 rings (SSSR count). The summed E-state index contributed by atoms with van der Waals surface area (Å²) in [6, 6.07) is 10.8. The van der Waals surface area contributed by atoms with E-state index in [9.17, 15) is 23.2 Å². The first-order valence-corrected chi connectivity index (χ1v) is 7.61. The van der Waals surface area contributed by atoms with Crippen LogP contribution in [0.3, 0.4) is 0 Å². The number of halogens is 3. The molecule has 2 aromatic carbocycles. The minimum atomic E-state index is -4.54. The van der Waals surface area contributed by atoms with Crippen molar-refractivity contribution in [3.63, 3.8) is 0 Å². The van der Waals surface area contributed by atoms with Crippen LogP contribution < -0.4 is 14.8 Å². The van der Waals surface area contributed by atoms with E-state index in [1.165, 1.54) is 32.4 Å². The molecule has 0 bridgehead atoms. The molecule has 0 aromatic heterocycles. The average molecular weight is 376 g/mol. The van der Waals surface area contributed by atoms with Crippen molar-refractivity contribution < 1.29 is 27.4 Å². The molecule has 0 saturated carbocycles. The lowest BCUT2D eigenvalue weighted by molar-refractivity contribution is -0.137. The molecule has 0 atom stereocenters. The van der Waals surface area contributed by atoms with Crippen LogP contribution in [0.4, 0.5) is 18.9 Å². The van der Waals surface area contributed by atoms with E-state index in [1.54, 1.807) is 24.3 Å². The number of hydrogen-bond donors (Lipinski definition) is 1. The van der Waals surface area contributed by atoms with Gasteiger partial charge in [0.25, 0.3) is 5.91 Å². The Labute approximate surface area is 153 Å². The van der Waals surface area contributed by atoms with Gasteiger partial charge in [0.2, 0.25) is 0 Å². The van der Waals surface area contributed by atoms with Gasteiger partial charge in [-0.2, -0.15) is 18.4 Å². The van der Waals surface area contributed by atoms with Gasteiger partial charge >= 0.3 is 6.18 Å². The molecule has 1 amide bonds. The topological polar surface area (TPSA) is 71.3 Å². The number of para-hydroxylation sites is 1. The third-order valence-corrected chi connectivity index (χ3v) is 3.55. The van der Waals surface area contributed by atoms with E-state index in [2.05, 4.69) is 5.32 Å². The Morgan fingerprint density at radius 1 is 1.15 bits per heavy atom. The number of amides is 1. The van der Waals surface area contributed by atoms with Crippen molar-refractivity contribution in [3.8, 4) is 17.6 Å². The van der Waals surface area contributed by atoms with Gasteiger partial charge in [-0.1, -0.05) is 18.2 Å². The maximum Gasteiger partial charge on any atom is 0.416 e. The van der Waals surface area contributed by atoms with Crippen LogP contribution in [-0.4, -0.2) is 20.1 Å². The fraction of sp³-hybridized carbons (Fsp3) is 0.158. The number of nitrogens with zero attached hydrogens (tertiary/aromatic N) is 1. The summed E-state index contributed by atoms with van der Waals surface area (Å²) in [5.74, 6) is -0.122. The highest BCUT2D eigenvalue weighted by Crippen LogP contribution is 2.33. The zero-order valence-electron chi connectivity index (χ0n) is 14.4. The Kier molecular flexibility index (Phi) is 6.08. The molecule has 0 aliphatic heterocycles. The number of nitriles is 1. The van der Waals surface area contributed by atoms with Crippen molar-refractivity contribution in [3.05, 3.63) is 59.2 Å². The summed E-state index contributed by atoms with van der Waals surface area (Å²) in [7, 11) is 2.85. The molecule has 2 aromatic rings. The Bertz CT molecular complexity index is 915. The number of benzene rings is 2. The van der Waals surface area contributed by atoms with Crippen molar-refractivity contribution in [2.24, 2.45) is 0 Å².